The summed E-state index contributed by atoms with van der Waals surface area (Å²) in [6.07, 6.45) is 2.33. The molecule has 2 N–H and O–H groups in total. The highest BCUT2D eigenvalue weighted by molar-refractivity contribution is 6.36. The maximum atomic E-state index is 12.7. The van der Waals surface area contributed by atoms with E-state index in [0.717, 1.165) is 6.29 Å². The van der Waals surface area contributed by atoms with Crippen LogP contribution < -0.4 is 15.4 Å². The summed E-state index contributed by atoms with van der Waals surface area (Å²) in [4.78, 5) is 45.1. The second-order valence-corrected chi connectivity index (χ2v) is 9.14. The lowest BCUT2D eigenvalue weighted by atomic mass is 10.1. The zero-order valence-corrected chi connectivity index (χ0v) is 21.0. The van der Waals surface area contributed by atoms with Gasteiger partial charge < -0.3 is 20.3 Å². The number of aromatic nitrogens is 4. The van der Waals surface area contributed by atoms with Crippen molar-refractivity contribution in [2.24, 2.45) is 0 Å². The van der Waals surface area contributed by atoms with Crippen LogP contribution in [-0.4, -0.2) is 69.8 Å². The van der Waals surface area contributed by atoms with Crippen molar-refractivity contribution in [3.63, 3.8) is 0 Å². The summed E-state index contributed by atoms with van der Waals surface area (Å²) in [5.41, 5.74) is 8.58. The number of nitrogen functional groups attached to an aromatic ring is 1. The van der Waals surface area contributed by atoms with Crippen LogP contribution in [0.25, 0.3) is 22.4 Å². The van der Waals surface area contributed by atoms with Crippen LogP contribution in [0.5, 0.6) is 5.75 Å². The van der Waals surface area contributed by atoms with Crippen molar-refractivity contribution in [1.82, 2.24) is 24.8 Å². The predicted molar refractivity (Wildman–Crippen MR) is 141 cm³/mol. The summed E-state index contributed by atoms with van der Waals surface area (Å²) in [6.45, 7) is 1.86. The molecule has 0 spiro atoms. The van der Waals surface area contributed by atoms with Crippen molar-refractivity contribution in [1.29, 1.82) is 0 Å². The van der Waals surface area contributed by atoms with Crippen molar-refractivity contribution in [2.45, 2.75) is 0 Å². The van der Waals surface area contributed by atoms with Gasteiger partial charge in [-0.3, -0.25) is 9.59 Å². The summed E-state index contributed by atoms with van der Waals surface area (Å²) in [6, 6.07) is 11.7. The second kappa shape index (κ2) is 10.5. The number of piperazine rings is 1. The van der Waals surface area contributed by atoms with E-state index in [-0.39, 0.29) is 18.5 Å². The highest BCUT2D eigenvalue weighted by atomic mass is 35.5. The molecule has 188 valence electrons. The number of carbonyl (C=O) groups excluding carboxylic acids is 2. The number of carbonyl (C=O) groups is 2. The molecule has 0 radical (unpaired) electrons. The molecule has 1 aliphatic rings. The molecular formula is C25H21Cl2N7O3. The Morgan fingerprint density at radius 1 is 1.03 bits per heavy atom. The zero-order chi connectivity index (χ0) is 25.9. The molecule has 10 nitrogen and oxygen atoms in total. The van der Waals surface area contributed by atoms with Crippen LogP contribution in [0.3, 0.4) is 0 Å². The van der Waals surface area contributed by atoms with Crippen molar-refractivity contribution < 1.29 is 14.3 Å². The molecule has 1 amide bonds. The lowest BCUT2D eigenvalue weighted by molar-refractivity contribution is -0.133. The fourth-order valence-electron chi connectivity index (χ4n) is 4.00. The van der Waals surface area contributed by atoms with Gasteiger partial charge in [0.05, 0.1) is 16.9 Å². The van der Waals surface area contributed by atoms with Crippen LogP contribution in [0, 0.1) is 0 Å². The second-order valence-electron chi connectivity index (χ2n) is 8.30. The topological polar surface area (TPSA) is 127 Å². The Morgan fingerprint density at radius 2 is 1.78 bits per heavy atom. The molecule has 0 bridgehead atoms. The van der Waals surface area contributed by atoms with Crippen LogP contribution in [0.1, 0.15) is 10.4 Å². The highest BCUT2D eigenvalue weighted by Crippen LogP contribution is 2.31. The number of nitrogens with two attached hydrogens (primary N) is 1. The summed E-state index contributed by atoms with van der Waals surface area (Å²) in [7, 11) is 0. The van der Waals surface area contributed by atoms with Gasteiger partial charge in [-0.15, -0.1) is 0 Å². The van der Waals surface area contributed by atoms with Gasteiger partial charge >= 0.3 is 0 Å². The summed E-state index contributed by atoms with van der Waals surface area (Å²) in [5, 5.41) is 0.973. The lowest BCUT2D eigenvalue weighted by Crippen LogP contribution is -2.50. The molecule has 1 aliphatic heterocycles. The number of fused-ring (bicyclic) bond motifs is 1. The van der Waals surface area contributed by atoms with E-state index in [0.29, 0.717) is 75.8 Å². The first-order chi connectivity index (χ1) is 17.9. The maximum absolute atomic E-state index is 12.7. The minimum atomic E-state index is -0.134. The van der Waals surface area contributed by atoms with Crippen LogP contribution in [-0.2, 0) is 4.79 Å². The Morgan fingerprint density at radius 3 is 2.49 bits per heavy atom. The number of anilines is 2. The Kier molecular flexibility index (Phi) is 7.02. The third kappa shape index (κ3) is 5.40. The van der Waals surface area contributed by atoms with Crippen LogP contribution in [0.2, 0.25) is 10.0 Å². The molecular weight excluding hydrogens is 517 g/mol. The van der Waals surface area contributed by atoms with E-state index in [4.69, 9.17) is 38.7 Å². The number of halogens is 2. The van der Waals surface area contributed by atoms with E-state index in [2.05, 4.69) is 15.0 Å². The molecule has 0 saturated carbocycles. The number of nitrogens with zero attached hydrogens (tertiary/aromatic N) is 6. The summed E-state index contributed by atoms with van der Waals surface area (Å²) in [5.74, 6) is 1.02. The smallest absolute Gasteiger partial charge is 0.260 e. The van der Waals surface area contributed by atoms with Crippen molar-refractivity contribution >= 4 is 58.3 Å². The Labute approximate surface area is 222 Å². The highest BCUT2D eigenvalue weighted by Gasteiger charge is 2.25. The fraction of sp³-hybridized carbons (Fsp3) is 0.200. The lowest BCUT2D eigenvalue weighted by Gasteiger charge is -2.35. The Hall–Kier alpha value is -4.02. The molecule has 12 heteroatoms. The number of aldehydes is 1. The molecule has 0 unspecified atom stereocenters. The average Bonchev–Trinajstić information content (AvgIpc) is 2.91. The zero-order valence-electron chi connectivity index (χ0n) is 19.5. The summed E-state index contributed by atoms with van der Waals surface area (Å²) < 4.78 is 5.58. The number of amides is 1. The quantitative estimate of drug-likeness (QED) is 0.367. The largest absolute Gasteiger partial charge is 0.484 e. The van der Waals surface area contributed by atoms with Gasteiger partial charge in [-0.2, -0.15) is 9.97 Å². The molecule has 3 heterocycles. The number of hydrogen-bond donors (Lipinski definition) is 1. The molecule has 37 heavy (non-hydrogen) atoms. The fourth-order valence-corrected chi connectivity index (χ4v) is 4.51. The first-order valence-electron chi connectivity index (χ1n) is 11.4. The molecule has 5 rings (SSSR count). The predicted octanol–water partition coefficient (Wildman–Crippen LogP) is 3.52. The maximum Gasteiger partial charge on any atom is 0.260 e. The first-order valence-corrected chi connectivity index (χ1v) is 12.1. The number of benzene rings is 2. The van der Waals surface area contributed by atoms with E-state index < -0.39 is 0 Å². The average molecular weight is 538 g/mol. The molecule has 2 aromatic carbocycles. The molecule has 0 atom stereocenters. The van der Waals surface area contributed by atoms with Gasteiger partial charge in [-0.1, -0.05) is 23.2 Å². The SMILES string of the molecule is Nc1nc(N2CCN(C(=O)COc3ccc(C=O)cc3)CC2)c2nc(-c3ccc(Cl)cc3Cl)cnc2n1. The van der Waals surface area contributed by atoms with Crippen LogP contribution in [0.4, 0.5) is 11.8 Å². The van der Waals surface area contributed by atoms with Crippen molar-refractivity contribution in [2.75, 3.05) is 43.4 Å². The molecule has 0 aliphatic carbocycles. The standard InChI is InChI=1S/C25H21Cl2N7O3/c26-16-3-6-18(19(27)11-16)20-12-29-23-22(30-20)24(32-25(28)31-23)34-9-7-33(8-10-34)21(36)14-37-17-4-1-15(13-35)2-5-17/h1-6,11-13H,7-10,14H2,(H2,28,29,31,32). The first kappa shape index (κ1) is 24.7. The third-order valence-corrected chi connectivity index (χ3v) is 6.47. The van der Waals surface area contributed by atoms with E-state index in [1.54, 1.807) is 53.6 Å². The van der Waals surface area contributed by atoms with Gasteiger partial charge in [-0.05, 0) is 42.5 Å². The summed E-state index contributed by atoms with van der Waals surface area (Å²) >= 11 is 12.4. The van der Waals surface area contributed by atoms with E-state index in [1.807, 2.05) is 4.90 Å². The van der Waals surface area contributed by atoms with Gasteiger partial charge in [0.1, 0.15) is 12.0 Å². The van der Waals surface area contributed by atoms with E-state index in [9.17, 15) is 9.59 Å². The van der Waals surface area contributed by atoms with E-state index in [1.165, 1.54) is 0 Å². The number of rotatable bonds is 6. The van der Waals surface area contributed by atoms with Crippen LogP contribution >= 0.6 is 23.2 Å². The molecule has 4 aromatic rings. The molecule has 1 saturated heterocycles. The molecule has 2 aromatic heterocycles. The Balaban J connectivity index is 1.30. The van der Waals surface area contributed by atoms with Crippen molar-refractivity contribution in [3.05, 3.63) is 64.3 Å². The Bertz CT molecular complexity index is 1480. The van der Waals surface area contributed by atoms with E-state index >= 15 is 0 Å². The minimum Gasteiger partial charge on any atom is -0.484 e. The third-order valence-electron chi connectivity index (χ3n) is 5.92. The van der Waals surface area contributed by atoms with Gasteiger partial charge in [-0.25, -0.2) is 9.97 Å². The normalized spacial score (nSPS) is 13.6. The van der Waals surface area contributed by atoms with Gasteiger partial charge in [0.25, 0.3) is 5.91 Å². The minimum absolute atomic E-state index is 0.0848. The molecule has 1 fully saturated rings. The number of hydrogen-bond acceptors (Lipinski definition) is 9. The number of ether oxygens (including phenoxy) is 1. The monoisotopic (exact) mass is 537 g/mol. The van der Waals surface area contributed by atoms with Gasteiger partial charge in [0.15, 0.2) is 23.6 Å². The van der Waals surface area contributed by atoms with Crippen molar-refractivity contribution in [3.8, 4) is 17.0 Å². The van der Waals surface area contributed by atoms with Gasteiger partial charge in [0.2, 0.25) is 5.95 Å². The van der Waals surface area contributed by atoms with Gasteiger partial charge in [0, 0.05) is 42.3 Å². The van der Waals surface area contributed by atoms with Crippen LogP contribution in [0.15, 0.2) is 48.7 Å².